The molecule has 186 valence electrons. The van der Waals surface area contributed by atoms with Gasteiger partial charge in [0.05, 0.1) is 25.5 Å². The molecule has 4 rings (SSSR count). The normalized spacial score (nSPS) is 14.1. The number of benzene rings is 2. The van der Waals surface area contributed by atoms with Crippen molar-refractivity contribution in [3.05, 3.63) is 65.9 Å². The Labute approximate surface area is 208 Å². The number of hydrogen-bond donors (Lipinski definition) is 1. The third kappa shape index (κ3) is 5.46. The number of nitrogens with zero attached hydrogens (tertiary/aromatic N) is 3. The van der Waals surface area contributed by atoms with Gasteiger partial charge in [0.1, 0.15) is 0 Å². The van der Waals surface area contributed by atoms with Crippen LogP contribution < -0.4 is 19.7 Å². The lowest BCUT2D eigenvalue weighted by molar-refractivity contribution is 0.0950. The number of amides is 1. The molecule has 1 aliphatic heterocycles. The molecule has 1 saturated heterocycles. The number of carbonyl (C=O) groups excluding carboxylic acids is 1. The lowest BCUT2D eigenvalue weighted by atomic mass is 10.1. The Kier molecular flexibility index (Phi) is 7.98. The summed E-state index contributed by atoms with van der Waals surface area (Å²) in [5.74, 6) is 1.54. The molecule has 1 N–H and O–H groups in total. The maximum absolute atomic E-state index is 12.9. The summed E-state index contributed by atoms with van der Waals surface area (Å²) in [7, 11) is 5.36. The van der Waals surface area contributed by atoms with Crippen molar-refractivity contribution in [3.63, 3.8) is 0 Å². The summed E-state index contributed by atoms with van der Waals surface area (Å²) in [6, 6.07) is 18.2. The van der Waals surface area contributed by atoms with Crippen LogP contribution in [0.1, 0.15) is 22.5 Å². The van der Waals surface area contributed by atoms with Gasteiger partial charge in [-0.25, -0.2) is 0 Å². The standard InChI is InChI=1S/C28H36N4O3/c1-21-23(20-25(30(21)2)22-10-6-5-7-11-22)28(33)29-14-9-15-31-16-18-32(19-17-31)24-12-8-13-26(34-3)27(24)35-4/h5-8,10-13,20H,9,14-19H2,1-4H3,(H,29,33). The van der Waals surface area contributed by atoms with E-state index in [9.17, 15) is 4.79 Å². The summed E-state index contributed by atoms with van der Waals surface area (Å²) in [6.45, 7) is 7.45. The summed E-state index contributed by atoms with van der Waals surface area (Å²) >= 11 is 0. The van der Waals surface area contributed by atoms with Crippen LogP contribution in [0.25, 0.3) is 11.3 Å². The smallest absolute Gasteiger partial charge is 0.253 e. The van der Waals surface area contributed by atoms with Crippen molar-refractivity contribution in [1.82, 2.24) is 14.8 Å². The zero-order valence-corrected chi connectivity index (χ0v) is 21.2. The summed E-state index contributed by atoms with van der Waals surface area (Å²) in [6.07, 6.45) is 0.922. The van der Waals surface area contributed by atoms with Crippen molar-refractivity contribution in [2.45, 2.75) is 13.3 Å². The highest BCUT2D eigenvalue weighted by Gasteiger charge is 2.21. The average Bonchev–Trinajstić information content (AvgIpc) is 3.21. The molecule has 0 saturated carbocycles. The second kappa shape index (κ2) is 11.3. The highest BCUT2D eigenvalue weighted by molar-refractivity contribution is 5.97. The monoisotopic (exact) mass is 476 g/mol. The molecule has 7 nitrogen and oxygen atoms in total. The van der Waals surface area contributed by atoms with Gasteiger partial charge in [-0.05, 0) is 43.7 Å². The van der Waals surface area contributed by atoms with Crippen LogP contribution in [0.5, 0.6) is 11.5 Å². The molecule has 3 aromatic rings. The zero-order valence-electron chi connectivity index (χ0n) is 21.2. The molecule has 35 heavy (non-hydrogen) atoms. The SMILES string of the molecule is COc1cccc(N2CCN(CCCNC(=O)c3cc(-c4ccccc4)n(C)c3C)CC2)c1OC. The lowest BCUT2D eigenvalue weighted by Gasteiger charge is -2.36. The fourth-order valence-corrected chi connectivity index (χ4v) is 4.75. The Morgan fingerprint density at radius 2 is 1.71 bits per heavy atom. The predicted molar refractivity (Wildman–Crippen MR) is 141 cm³/mol. The molecule has 0 radical (unpaired) electrons. The summed E-state index contributed by atoms with van der Waals surface area (Å²) in [4.78, 5) is 17.7. The van der Waals surface area contributed by atoms with E-state index in [4.69, 9.17) is 9.47 Å². The van der Waals surface area contributed by atoms with Crippen molar-refractivity contribution >= 4 is 11.6 Å². The van der Waals surface area contributed by atoms with E-state index in [-0.39, 0.29) is 5.91 Å². The molecule has 0 spiro atoms. The molecular weight excluding hydrogens is 440 g/mol. The zero-order chi connectivity index (χ0) is 24.8. The highest BCUT2D eigenvalue weighted by atomic mass is 16.5. The Hall–Kier alpha value is -3.45. The number of carbonyl (C=O) groups is 1. The van der Waals surface area contributed by atoms with Crippen molar-refractivity contribution in [1.29, 1.82) is 0 Å². The van der Waals surface area contributed by atoms with E-state index in [1.807, 2.05) is 50.4 Å². The molecule has 2 heterocycles. The van der Waals surface area contributed by atoms with E-state index in [0.29, 0.717) is 6.54 Å². The third-order valence-electron chi connectivity index (χ3n) is 6.88. The van der Waals surface area contributed by atoms with Gasteiger partial charge in [-0.3, -0.25) is 9.69 Å². The molecule has 1 fully saturated rings. The van der Waals surface area contributed by atoms with Gasteiger partial charge in [-0.2, -0.15) is 0 Å². The van der Waals surface area contributed by atoms with Crippen LogP contribution in [0.2, 0.25) is 0 Å². The number of nitrogens with one attached hydrogen (secondary N) is 1. The number of rotatable bonds is 9. The van der Waals surface area contributed by atoms with E-state index in [1.165, 1.54) is 0 Å². The predicted octanol–water partition coefficient (Wildman–Crippen LogP) is 3.96. The maximum atomic E-state index is 12.9. The number of methoxy groups -OCH3 is 2. The highest BCUT2D eigenvalue weighted by Crippen LogP contribution is 2.37. The van der Waals surface area contributed by atoms with Crippen LogP contribution in [0, 0.1) is 6.92 Å². The van der Waals surface area contributed by atoms with Crippen LogP contribution >= 0.6 is 0 Å². The molecule has 7 heteroatoms. The van der Waals surface area contributed by atoms with Crippen LogP contribution in [-0.4, -0.2) is 68.9 Å². The van der Waals surface area contributed by atoms with E-state index in [2.05, 4.69) is 37.9 Å². The van der Waals surface area contributed by atoms with Gasteiger partial charge >= 0.3 is 0 Å². The fraction of sp³-hybridized carbons (Fsp3) is 0.393. The molecule has 1 amide bonds. The second-order valence-electron chi connectivity index (χ2n) is 8.90. The van der Waals surface area contributed by atoms with Crippen molar-refractivity contribution in [2.75, 3.05) is 58.4 Å². The van der Waals surface area contributed by atoms with Crippen LogP contribution in [0.3, 0.4) is 0 Å². The molecule has 1 aromatic heterocycles. The molecular formula is C28H36N4O3. The molecule has 2 aromatic carbocycles. The molecule has 0 atom stereocenters. The van der Waals surface area contributed by atoms with Gasteiger partial charge in [0, 0.05) is 51.2 Å². The Bertz CT molecular complexity index is 1130. The van der Waals surface area contributed by atoms with Gasteiger partial charge < -0.3 is 24.3 Å². The molecule has 0 unspecified atom stereocenters. The van der Waals surface area contributed by atoms with Gasteiger partial charge in [-0.1, -0.05) is 36.4 Å². The number of hydrogen-bond acceptors (Lipinski definition) is 5. The molecule has 0 bridgehead atoms. The van der Waals surface area contributed by atoms with Crippen molar-refractivity contribution in [3.8, 4) is 22.8 Å². The Morgan fingerprint density at radius 1 is 0.971 bits per heavy atom. The first-order chi connectivity index (χ1) is 17.0. The van der Waals surface area contributed by atoms with Gasteiger partial charge in [0.25, 0.3) is 5.91 Å². The van der Waals surface area contributed by atoms with Crippen LogP contribution in [0.4, 0.5) is 5.69 Å². The number of piperazine rings is 1. The molecule has 1 aliphatic rings. The first-order valence-corrected chi connectivity index (χ1v) is 12.2. The second-order valence-corrected chi connectivity index (χ2v) is 8.90. The number of para-hydroxylation sites is 1. The number of anilines is 1. The van der Waals surface area contributed by atoms with Gasteiger partial charge in [0.15, 0.2) is 11.5 Å². The summed E-state index contributed by atoms with van der Waals surface area (Å²) < 4.78 is 13.1. The summed E-state index contributed by atoms with van der Waals surface area (Å²) in [5.41, 5.74) is 4.96. The van der Waals surface area contributed by atoms with Crippen LogP contribution in [-0.2, 0) is 7.05 Å². The largest absolute Gasteiger partial charge is 0.493 e. The topological polar surface area (TPSA) is 59.0 Å². The minimum Gasteiger partial charge on any atom is -0.493 e. The number of ether oxygens (including phenoxy) is 2. The van der Waals surface area contributed by atoms with E-state index >= 15 is 0 Å². The van der Waals surface area contributed by atoms with Crippen LogP contribution in [0.15, 0.2) is 54.6 Å². The average molecular weight is 477 g/mol. The van der Waals surface area contributed by atoms with E-state index in [1.54, 1.807) is 14.2 Å². The quantitative estimate of drug-likeness (QED) is 0.474. The Balaban J connectivity index is 1.25. The lowest BCUT2D eigenvalue weighted by Crippen LogP contribution is -2.47. The van der Waals surface area contributed by atoms with E-state index in [0.717, 1.165) is 78.8 Å². The third-order valence-corrected chi connectivity index (χ3v) is 6.88. The Morgan fingerprint density at radius 3 is 2.40 bits per heavy atom. The fourth-order valence-electron chi connectivity index (χ4n) is 4.75. The maximum Gasteiger partial charge on any atom is 0.253 e. The minimum absolute atomic E-state index is 0.00443. The van der Waals surface area contributed by atoms with E-state index < -0.39 is 0 Å². The van der Waals surface area contributed by atoms with Gasteiger partial charge in [0.2, 0.25) is 0 Å². The molecule has 0 aliphatic carbocycles. The minimum atomic E-state index is -0.00443. The van der Waals surface area contributed by atoms with Gasteiger partial charge in [-0.15, -0.1) is 0 Å². The number of aromatic nitrogens is 1. The summed E-state index contributed by atoms with van der Waals surface area (Å²) in [5, 5.41) is 3.11. The van der Waals surface area contributed by atoms with Crippen molar-refractivity contribution in [2.24, 2.45) is 7.05 Å². The first kappa shape index (κ1) is 24.7. The van der Waals surface area contributed by atoms with Crippen molar-refractivity contribution < 1.29 is 14.3 Å². The first-order valence-electron chi connectivity index (χ1n) is 12.2.